The van der Waals surface area contributed by atoms with Crippen molar-refractivity contribution < 1.29 is 13.3 Å². The van der Waals surface area contributed by atoms with E-state index in [1.165, 1.54) is 37.7 Å². The molecule has 0 unspecified atom stereocenters. The van der Waals surface area contributed by atoms with Gasteiger partial charge in [0.2, 0.25) is 0 Å². The standard InChI is InChI=1S/C17H28O3Si/c1-14-5-7-15(8-6-14)13-16-9-11-17(12-10-16)21(18-2,19-3)20-4/h9-12,14-15H,5-8,13H2,1-4H3. The van der Waals surface area contributed by atoms with Crippen molar-refractivity contribution in [2.24, 2.45) is 11.8 Å². The van der Waals surface area contributed by atoms with Gasteiger partial charge < -0.3 is 13.3 Å². The van der Waals surface area contributed by atoms with E-state index in [4.69, 9.17) is 13.3 Å². The van der Waals surface area contributed by atoms with Gasteiger partial charge in [-0.25, -0.2) is 0 Å². The molecule has 1 aliphatic rings. The Bertz CT molecular complexity index is 412. The zero-order valence-corrected chi connectivity index (χ0v) is 14.7. The molecule has 1 fully saturated rings. The molecule has 3 nitrogen and oxygen atoms in total. The van der Waals surface area contributed by atoms with Crippen LogP contribution in [0.1, 0.15) is 38.2 Å². The van der Waals surface area contributed by atoms with Crippen molar-refractivity contribution in [3.8, 4) is 0 Å². The number of rotatable bonds is 6. The minimum absolute atomic E-state index is 0.848. The first kappa shape index (κ1) is 16.7. The van der Waals surface area contributed by atoms with E-state index in [2.05, 4.69) is 31.2 Å². The van der Waals surface area contributed by atoms with Crippen molar-refractivity contribution in [2.45, 2.75) is 39.0 Å². The maximum absolute atomic E-state index is 5.52. The molecule has 1 aromatic carbocycles. The minimum atomic E-state index is -2.68. The number of hydrogen-bond donors (Lipinski definition) is 0. The van der Waals surface area contributed by atoms with Crippen LogP contribution in [0.2, 0.25) is 0 Å². The predicted molar refractivity (Wildman–Crippen MR) is 87.7 cm³/mol. The van der Waals surface area contributed by atoms with E-state index in [1.807, 2.05) is 0 Å². The SMILES string of the molecule is CO[Si](OC)(OC)c1ccc(CC2CCC(C)CC2)cc1. The van der Waals surface area contributed by atoms with Gasteiger partial charge in [-0.05, 0) is 36.7 Å². The van der Waals surface area contributed by atoms with Crippen LogP contribution in [-0.4, -0.2) is 30.1 Å². The van der Waals surface area contributed by atoms with Crippen LogP contribution in [-0.2, 0) is 19.7 Å². The number of hydrogen-bond acceptors (Lipinski definition) is 3. The Morgan fingerprint density at radius 1 is 0.905 bits per heavy atom. The first-order valence-electron chi connectivity index (χ1n) is 7.88. The van der Waals surface area contributed by atoms with Gasteiger partial charge in [0.25, 0.3) is 0 Å². The van der Waals surface area contributed by atoms with E-state index in [1.54, 1.807) is 21.3 Å². The molecule has 0 bridgehead atoms. The molecule has 0 radical (unpaired) electrons. The summed E-state index contributed by atoms with van der Waals surface area (Å²) in [6.45, 7) is 2.37. The van der Waals surface area contributed by atoms with Crippen LogP contribution in [0.4, 0.5) is 0 Å². The second-order valence-corrected chi connectivity index (χ2v) is 9.11. The number of benzene rings is 1. The lowest BCUT2D eigenvalue weighted by Gasteiger charge is -2.27. The first-order valence-corrected chi connectivity index (χ1v) is 9.61. The lowest BCUT2D eigenvalue weighted by atomic mass is 9.80. The largest absolute Gasteiger partial charge is 0.536 e. The second-order valence-electron chi connectivity index (χ2n) is 6.20. The summed E-state index contributed by atoms with van der Waals surface area (Å²) in [6.07, 6.45) is 6.70. The summed E-state index contributed by atoms with van der Waals surface area (Å²) in [5.41, 5.74) is 1.41. The normalized spacial score (nSPS) is 23.2. The van der Waals surface area contributed by atoms with E-state index < -0.39 is 8.80 Å². The summed E-state index contributed by atoms with van der Waals surface area (Å²) in [5, 5.41) is 1.02. The van der Waals surface area contributed by atoms with Gasteiger partial charge in [-0.1, -0.05) is 44.0 Å². The Balaban J connectivity index is 2.01. The van der Waals surface area contributed by atoms with Crippen molar-refractivity contribution in [1.29, 1.82) is 0 Å². The molecule has 118 valence electrons. The molecule has 4 heteroatoms. The maximum Gasteiger partial charge on any atom is 0.536 e. The van der Waals surface area contributed by atoms with E-state index in [9.17, 15) is 0 Å². The van der Waals surface area contributed by atoms with Gasteiger partial charge in [0.05, 0.1) is 0 Å². The van der Waals surface area contributed by atoms with Crippen molar-refractivity contribution in [1.82, 2.24) is 0 Å². The summed E-state index contributed by atoms with van der Waals surface area (Å²) in [4.78, 5) is 0. The lowest BCUT2D eigenvalue weighted by molar-refractivity contribution is 0.140. The minimum Gasteiger partial charge on any atom is -0.373 e. The topological polar surface area (TPSA) is 27.7 Å². The summed E-state index contributed by atoms with van der Waals surface area (Å²) >= 11 is 0. The van der Waals surface area contributed by atoms with Crippen LogP contribution in [0, 0.1) is 11.8 Å². The third-order valence-corrected chi connectivity index (χ3v) is 7.43. The van der Waals surface area contributed by atoms with Crippen LogP contribution < -0.4 is 5.19 Å². The summed E-state index contributed by atoms with van der Waals surface area (Å²) in [5.74, 6) is 1.77. The third-order valence-electron chi connectivity index (χ3n) is 4.77. The highest BCUT2D eigenvalue weighted by molar-refractivity contribution is 6.75. The average molecular weight is 308 g/mol. The molecule has 0 aromatic heterocycles. The van der Waals surface area contributed by atoms with Crippen LogP contribution >= 0.6 is 0 Å². The molecule has 1 saturated carbocycles. The molecule has 1 aromatic rings. The molecule has 0 N–H and O–H groups in total. The van der Waals surface area contributed by atoms with Gasteiger partial charge >= 0.3 is 8.80 Å². The molecule has 0 amide bonds. The van der Waals surface area contributed by atoms with Crippen molar-refractivity contribution in [3.05, 3.63) is 29.8 Å². The van der Waals surface area contributed by atoms with Gasteiger partial charge in [0.1, 0.15) is 0 Å². The molecule has 21 heavy (non-hydrogen) atoms. The zero-order valence-electron chi connectivity index (χ0n) is 13.7. The van der Waals surface area contributed by atoms with Gasteiger partial charge in [-0.3, -0.25) is 0 Å². The third kappa shape index (κ3) is 3.95. The smallest absolute Gasteiger partial charge is 0.373 e. The van der Waals surface area contributed by atoms with E-state index in [0.29, 0.717) is 0 Å². The second kappa shape index (κ2) is 7.54. The van der Waals surface area contributed by atoms with E-state index in [-0.39, 0.29) is 0 Å². The molecule has 0 spiro atoms. The molecule has 0 saturated heterocycles. The summed E-state index contributed by atoms with van der Waals surface area (Å²) in [6, 6.07) is 8.60. The van der Waals surface area contributed by atoms with Crippen LogP contribution in [0.15, 0.2) is 24.3 Å². The Labute approximate surface area is 130 Å². The van der Waals surface area contributed by atoms with Gasteiger partial charge in [-0.15, -0.1) is 0 Å². The first-order chi connectivity index (χ1) is 10.1. The van der Waals surface area contributed by atoms with Crippen LogP contribution in [0.5, 0.6) is 0 Å². The van der Waals surface area contributed by atoms with Crippen molar-refractivity contribution in [2.75, 3.05) is 21.3 Å². The fraction of sp³-hybridized carbons (Fsp3) is 0.647. The zero-order chi connectivity index (χ0) is 15.3. The van der Waals surface area contributed by atoms with Gasteiger partial charge in [-0.2, -0.15) is 0 Å². The molecule has 2 rings (SSSR count). The lowest BCUT2D eigenvalue weighted by Crippen LogP contribution is -2.54. The van der Waals surface area contributed by atoms with Crippen molar-refractivity contribution in [3.63, 3.8) is 0 Å². The molecular weight excluding hydrogens is 280 g/mol. The highest BCUT2D eigenvalue weighted by atomic mass is 28.4. The average Bonchev–Trinajstić information content (AvgIpc) is 2.53. The van der Waals surface area contributed by atoms with Gasteiger partial charge in [0.15, 0.2) is 0 Å². The Morgan fingerprint density at radius 2 is 1.43 bits per heavy atom. The fourth-order valence-electron chi connectivity index (χ4n) is 3.32. The molecule has 0 atom stereocenters. The summed E-state index contributed by atoms with van der Waals surface area (Å²) in [7, 11) is 2.27. The van der Waals surface area contributed by atoms with E-state index >= 15 is 0 Å². The van der Waals surface area contributed by atoms with Crippen LogP contribution in [0.25, 0.3) is 0 Å². The fourth-order valence-corrected chi connectivity index (χ4v) is 5.10. The molecule has 0 aliphatic heterocycles. The Hall–Kier alpha value is -0.683. The Morgan fingerprint density at radius 3 is 1.90 bits per heavy atom. The molecular formula is C17H28O3Si. The quantitative estimate of drug-likeness (QED) is 0.756. The van der Waals surface area contributed by atoms with Crippen molar-refractivity contribution >= 4 is 14.0 Å². The van der Waals surface area contributed by atoms with Gasteiger partial charge in [0, 0.05) is 26.5 Å². The maximum atomic E-state index is 5.52. The highest BCUT2D eigenvalue weighted by Gasteiger charge is 2.40. The monoisotopic (exact) mass is 308 g/mol. The molecule has 1 aliphatic carbocycles. The Kier molecular flexibility index (Phi) is 5.99. The predicted octanol–water partition coefficient (Wildman–Crippen LogP) is 3.14. The van der Waals surface area contributed by atoms with E-state index in [0.717, 1.165) is 17.0 Å². The summed E-state index contributed by atoms with van der Waals surface area (Å²) < 4.78 is 16.6. The van der Waals surface area contributed by atoms with Crippen LogP contribution in [0.3, 0.4) is 0 Å². The highest BCUT2D eigenvalue weighted by Crippen LogP contribution is 2.30. The molecule has 0 heterocycles.